The minimum atomic E-state index is -0.0181. The van der Waals surface area contributed by atoms with Crippen molar-refractivity contribution in [3.05, 3.63) is 23.3 Å². The highest BCUT2D eigenvalue weighted by atomic mass is 79.9. The van der Waals surface area contributed by atoms with Crippen molar-refractivity contribution in [1.29, 1.82) is 0 Å². The second-order valence-electron chi connectivity index (χ2n) is 3.50. The van der Waals surface area contributed by atoms with Gasteiger partial charge in [-0.1, -0.05) is 0 Å². The molecule has 0 amide bonds. The van der Waals surface area contributed by atoms with Gasteiger partial charge in [0, 0.05) is 6.04 Å². The number of benzene rings is 1. The maximum Gasteiger partial charge on any atom is 0.157 e. The second kappa shape index (κ2) is 4.19. The molecule has 0 radical (unpaired) electrons. The molecule has 1 aromatic rings. The molecule has 0 heterocycles. The molecule has 0 unspecified atom stereocenters. The van der Waals surface area contributed by atoms with Crippen molar-refractivity contribution in [3.63, 3.8) is 0 Å². The van der Waals surface area contributed by atoms with E-state index in [-0.39, 0.29) is 28.5 Å². The molecule has 0 atom stereocenters. The van der Waals surface area contributed by atoms with Crippen LogP contribution >= 0.6 is 17.0 Å². The van der Waals surface area contributed by atoms with Crippen molar-refractivity contribution in [2.75, 3.05) is 7.05 Å². The molecule has 0 spiro atoms. The summed E-state index contributed by atoms with van der Waals surface area (Å²) >= 11 is 0. The first-order chi connectivity index (χ1) is 6.20. The molecule has 0 saturated carbocycles. The molecule has 0 aromatic heterocycles. The third kappa shape index (κ3) is 1.86. The Balaban J connectivity index is 0.000000980. The molecule has 3 nitrogen and oxygen atoms in total. The standard InChI is InChI=1S/C10H13NO2.BrH/c1-11-8-2-6-4-9(12)10(13)5-7(6)3-8;/h4-5,8,11-13H,2-3H2,1H3;1H. The largest absolute Gasteiger partial charge is 0.504 e. The zero-order valence-corrected chi connectivity index (χ0v) is 9.66. The third-order valence-corrected chi connectivity index (χ3v) is 2.64. The summed E-state index contributed by atoms with van der Waals surface area (Å²) in [5.41, 5.74) is 2.27. The van der Waals surface area contributed by atoms with E-state index in [1.54, 1.807) is 12.1 Å². The van der Waals surface area contributed by atoms with Crippen LogP contribution in [-0.2, 0) is 12.8 Å². The quantitative estimate of drug-likeness (QED) is 0.668. The van der Waals surface area contributed by atoms with Crippen LogP contribution in [0.5, 0.6) is 11.5 Å². The van der Waals surface area contributed by atoms with Gasteiger partial charge in [0.2, 0.25) is 0 Å². The van der Waals surface area contributed by atoms with Gasteiger partial charge in [0.25, 0.3) is 0 Å². The van der Waals surface area contributed by atoms with Crippen LogP contribution in [0.3, 0.4) is 0 Å². The van der Waals surface area contributed by atoms with Gasteiger partial charge in [0.1, 0.15) is 0 Å². The van der Waals surface area contributed by atoms with Crippen LogP contribution in [0.1, 0.15) is 11.1 Å². The van der Waals surface area contributed by atoms with Crippen molar-refractivity contribution in [3.8, 4) is 11.5 Å². The molecule has 3 N–H and O–H groups in total. The molecule has 0 aliphatic heterocycles. The Bertz CT molecular complexity index is 310. The molecule has 1 aromatic carbocycles. The van der Waals surface area contributed by atoms with Gasteiger partial charge < -0.3 is 15.5 Å². The van der Waals surface area contributed by atoms with E-state index in [9.17, 15) is 10.2 Å². The zero-order valence-electron chi connectivity index (χ0n) is 7.95. The second-order valence-corrected chi connectivity index (χ2v) is 3.50. The van der Waals surface area contributed by atoms with E-state index in [4.69, 9.17) is 0 Å². The average molecular weight is 260 g/mol. The lowest BCUT2D eigenvalue weighted by molar-refractivity contribution is 0.403. The van der Waals surface area contributed by atoms with Gasteiger partial charge in [-0.2, -0.15) is 0 Å². The highest BCUT2D eigenvalue weighted by Gasteiger charge is 2.21. The van der Waals surface area contributed by atoms with Crippen LogP contribution in [-0.4, -0.2) is 23.3 Å². The molecule has 78 valence electrons. The van der Waals surface area contributed by atoms with Crippen molar-refractivity contribution in [2.45, 2.75) is 18.9 Å². The Morgan fingerprint density at radius 2 is 1.57 bits per heavy atom. The molecule has 4 heteroatoms. The number of fused-ring (bicyclic) bond motifs is 1. The number of rotatable bonds is 1. The summed E-state index contributed by atoms with van der Waals surface area (Å²) in [6.07, 6.45) is 1.86. The maximum absolute atomic E-state index is 9.27. The number of phenols is 2. The maximum atomic E-state index is 9.27. The van der Waals surface area contributed by atoms with Crippen LogP contribution in [0.15, 0.2) is 12.1 Å². The lowest BCUT2D eigenvalue weighted by Crippen LogP contribution is -2.24. The van der Waals surface area contributed by atoms with E-state index in [2.05, 4.69) is 5.32 Å². The van der Waals surface area contributed by atoms with Crippen LogP contribution in [0.2, 0.25) is 0 Å². The first kappa shape index (κ1) is 11.3. The Morgan fingerprint density at radius 1 is 1.14 bits per heavy atom. The van der Waals surface area contributed by atoms with E-state index >= 15 is 0 Å². The van der Waals surface area contributed by atoms with Gasteiger partial charge in [0.15, 0.2) is 11.5 Å². The van der Waals surface area contributed by atoms with E-state index in [1.165, 1.54) is 0 Å². The molecular formula is C10H14BrNO2. The van der Waals surface area contributed by atoms with E-state index in [0.29, 0.717) is 6.04 Å². The summed E-state index contributed by atoms with van der Waals surface area (Å²) in [6.45, 7) is 0. The van der Waals surface area contributed by atoms with Gasteiger partial charge in [-0.3, -0.25) is 0 Å². The number of hydrogen-bond acceptors (Lipinski definition) is 3. The normalized spacial score (nSPS) is 14.9. The molecule has 0 fully saturated rings. The Morgan fingerprint density at radius 3 is 1.93 bits per heavy atom. The van der Waals surface area contributed by atoms with Gasteiger partial charge in [-0.25, -0.2) is 0 Å². The molecule has 0 bridgehead atoms. The van der Waals surface area contributed by atoms with Crippen molar-refractivity contribution in [1.82, 2.24) is 5.32 Å². The Hall–Kier alpha value is -0.740. The zero-order chi connectivity index (χ0) is 9.42. The summed E-state index contributed by atoms with van der Waals surface area (Å²) in [7, 11) is 1.93. The molecule has 1 aliphatic carbocycles. The van der Waals surface area contributed by atoms with Crippen LogP contribution in [0.25, 0.3) is 0 Å². The number of halogens is 1. The first-order valence-corrected chi connectivity index (χ1v) is 4.41. The van der Waals surface area contributed by atoms with Crippen LogP contribution in [0.4, 0.5) is 0 Å². The van der Waals surface area contributed by atoms with Gasteiger partial charge in [-0.15, -0.1) is 17.0 Å². The minimum Gasteiger partial charge on any atom is -0.504 e. The Labute approximate surface area is 93.5 Å². The molecule has 1 aliphatic rings. The smallest absolute Gasteiger partial charge is 0.157 e. The number of phenolic OH excluding ortho intramolecular Hbond substituents is 2. The highest BCUT2D eigenvalue weighted by Crippen LogP contribution is 2.32. The number of nitrogens with one attached hydrogen (secondary N) is 1. The highest BCUT2D eigenvalue weighted by molar-refractivity contribution is 8.93. The number of aromatic hydroxyl groups is 2. The predicted octanol–water partition coefficient (Wildman–Crippen LogP) is 1.36. The van der Waals surface area contributed by atoms with Gasteiger partial charge in [0.05, 0.1) is 0 Å². The van der Waals surface area contributed by atoms with Crippen molar-refractivity contribution in [2.24, 2.45) is 0 Å². The monoisotopic (exact) mass is 259 g/mol. The van der Waals surface area contributed by atoms with E-state index < -0.39 is 0 Å². The summed E-state index contributed by atoms with van der Waals surface area (Å²) in [4.78, 5) is 0. The molecular weight excluding hydrogens is 246 g/mol. The van der Waals surface area contributed by atoms with Gasteiger partial charge in [-0.05, 0) is 43.1 Å². The fourth-order valence-electron chi connectivity index (χ4n) is 1.85. The third-order valence-electron chi connectivity index (χ3n) is 2.64. The Kier molecular flexibility index (Phi) is 3.39. The minimum absolute atomic E-state index is 0. The fraction of sp³-hybridized carbons (Fsp3) is 0.400. The topological polar surface area (TPSA) is 52.5 Å². The van der Waals surface area contributed by atoms with Crippen molar-refractivity contribution < 1.29 is 10.2 Å². The fourth-order valence-corrected chi connectivity index (χ4v) is 1.85. The number of likely N-dealkylation sites (N-methyl/N-ethyl adjacent to an activating group) is 1. The van der Waals surface area contributed by atoms with Crippen LogP contribution in [0, 0.1) is 0 Å². The first-order valence-electron chi connectivity index (χ1n) is 4.41. The SMILES string of the molecule is Br.CNC1Cc2cc(O)c(O)cc2C1. The van der Waals surface area contributed by atoms with E-state index in [0.717, 1.165) is 24.0 Å². The van der Waals surface area contributed by atoms with Gasteiger partial charge >= 0.3 is 0 Å². The molecule has 2 rings (SSSR count). The molecule has 0 saturated heterocycles. The summed E-state index contributed by atoms with van der Waals surface area (Å²) in [5.74, 6) is -0.0361. The predicted molar refractivity (Wildman–Crippen MR) is 60.3 cm³/mol. The average Bonchev–Trinajstić information content (AvgIpc) is 2.48. The van der Waals surface area contributed by atoms with E-state index in [1.807, 2.05) is 7.05 Å². The summed E-state index contributed by atoms with van der Waals surface area (Å²) in [5, 5.41) is 21.7. The summed E-state index contributed by atoms with van der Waals surface area (Å²) < 4.78 is 0. The van der Waals surface area contributed by atoms with Crippen LogP contribution < -0.4 is 5.32 Å². The molecule has 14 heavy (non-hydrogen) atoms. The number of hydrogen-bond donors (Lipinski definition) is 3. The van der Waals surface area contributed by atoms with Crippen molar-refractivity contribution >= 4 is 17.0 Å². The lowest BCUT2D eigenvalue weighted by Gasteiger charge is -2.04. The lowest BCUT2D eigenvalue weighted by atomic mass is 10.1. The summed E-state index contributed by atoms with van der Waals surface area (Å²) in [6, 6.07) is 3.75.